The Balaban J connectivity index is 1.58. The van der Waals surface area contributed by atoms with Gasteiger partial charge in [0.15, 0.2) is 5.58 Å². The van der Waals surface area contributed by atoms with Gasteiger partial charge in [-0.1, -0.05) is 42.5 Å². The highest BCUT2D eigenvalue weighted by atomic mass is 32.2. The van der Waals surface area contributed by atoms with Gasteiger partial charge in [0, 0.05) is 19.7 Å². The minimum atomic E-state index is -4.14. The third kappa shape index (κ3) is 5.24. The first kappa shape index (κ1) is 23.4. The molecule has 0 aliphatic heterocycles. The summed E-state index contributed by atoms with van der Waals surface area (Å²) in [6, 6.07) is 17.6. The monoisotopic (exact) mass is 483 g/mol. The van der Waals surface area contributed by atoms with Crippen molar-refractivity contribution >= 4 is 27.0 Å². The van der Waals surface area contributed by atoms with Crippen molar-refractivity contribution in [3.8, 4) is 0 Å². The highest BCUT2D eigenvalue weighted by molar-refractivity contribution is 7.89. The predicted octanol–water partition coefficient (Wildman–Crippen LogP) is 2.48. The zero-order valence-electron chi connectivity index (χ0n) is 18.2. The van der Waals surface area contributed by atoms with Crippen molar-refractivity contribution in [2.75, 3.05) is 0 Å². The summed E-state index contributed by atoms with van der Waals surface area (Å²) in [6.07, 6.45) is 0.109. The van der Waals surface area contributed by atoms with E-state index in [0.717, 1.165) is 5.56 Å². The second-order valence-corrected chi connectivity index (χ2v) is 9.48. The van der Waals surface area contributed by atoms with E-state index < -0.39 is 33.5 Å². The molecule has 0 spiro atoms. The number of nitrogens with one attached hydrogen (secondary N) is 2. The third-order valence-electron chi connectivity index (χ3n) is 5.35. The van der Waals surface area contributed by atoms with Crippen molar-refractivity contribution in [3.05, 3.63) is 100 Å². The van der Waals surface area contributed by atoms with Crippen molar-refractivity contribution < 1.29 is 22.0 Å². The summed E-state index contributed by atoms with van der Waals surface area (Å²) < 4.78 is 48.2. The van der Waals surface area contributed by atoms with Gasteiger partial charge in [-0.3, -0.25) is 9.36 Å². The molecule has 2 N–H and O–H groups in total. The van der Waals surface area contributed by atoms with Gasteiger partial charge < -0.3 is 9.73 Å². The number of nitrogens with zero attached hydrogens (tertiary/aromatic N) is 1. The molecule has 1 amide bonds. The first-order valence-corrected chi connectivity index (χ1v) is 11.9. The fraction of sp³-hybridized carbons (Fsp3) is 0.167. The largest absolute Gasteiger partial charge is 0.419 e. The normalized spacial score (nSPS) is 12.5. The lowest BCUT2D eigenvalue weighted by Gasteiger charge is -2.19. The van der Waals surface area contributed by atoms with Crippen LogP contribution in [0.5, 0.6) is 0 Å². The van der Waals surface area contributed by atoms with Crippen LogP contribution in [0.3, 0.4) is 0 Å². The Bertz CT molecular complexity index is 1480. The smallest absolute Gasteiger partial charge is 0.408 e. The van der Waals surface area contributed by atoms with Gasteiger partial charge in [-0.2, -0.15) is 4.72 Å². The minimum absolute atomic E-state index is 0.104. The zero-order chi connectivity index (χ0) is 24.3. The van der Waals surface area contributed by atoms with Crippen LogP contribution in [0.15, 0.2) is 86.9 Å². The van der Waals surface area contributed by atoms with Crippen LogP contribution in [0, 0.1) is 5.82 Å². The summed E-state index contributed by atoms with van der Waals surface area (Å²) in [4.78, 5) is 24.6. The van der Waals surface area contributed by atoms with E-state index in [1.165, 1.54) is 54.1 Å². The van der Waals surface area contributed by atoms with Gasteiger partial charge in [0.25, 0.3) is 0 Å². The second-order valence-electron chi connectivity index (χ2n) is 7.76. The minimum Gasteiger partial charge on any atom is -0.408 e. The Hall–Kier alpha value is -3.76. The molecule has 0 radical (unpaired) electrons. The second kappa shape index (κ2) is 9.62. The molecule has 0 unspecified atom stereocenters. The van der Waals surface area contributed by atoms with E-state index in [4.69, 9.17) is 4.42 Å². The Morgan fingerprint density at radius 1 is 1.03 bits per heavy atom. The van der Waals surface area contributed by atoms with Crippen LogP contribution in [0.2, 0.25) is 0 Å². The summed E-state index contributed by atoms with van der Waals surface area (Å²) in [5, 5.41) is 2.70. The molecule has 0 fully saturated rings. The number of fused-ring (bicyclic) bond motifs is 1. The molecule has 10 heteroatoms. The number of benzene rings is 3. The maximum Gasteiger partial charge on any atom is 0.419 e. The predicted molar refractivity (Wildman–Crippen MR) is 124 cm³/mol. The number of sulfonamides is 1. The molecule has 1 atom stereocenters. The van der Waals surface area contributed by atoms with Crippen molar-refractivity contribution in [3.63, 3.8) is 0 Å². The SMILES string of the molecule is Cn1c(=O)oc2cc(S(=O)(=O)N[C@H](Cc3ccccc3)C(=O)NCc3ccc(F)cc3)ccc21. The molecule has 0 saturated carbocycles. The molecule has 0 aliphatic carbocycles. The molecule has 0 bridgehead atoms. The van der Waals surface area contributed by atoms with E-state index in [2.05, 4.69) is 10.0 Å². The molecule has 176 valence electrons. The Kier molecular flexibility index (Phi) is 6.62. The Labute approximate surface area is 195 Å². The average Bonchev–Trinajstić information content (AvgIpc) is 3.11. The fourth-order valence-electron chi connectivity index (χ4n) is 3.49. The van der Waals surface area contributed by atoms with Gasteiger partial charge in [-0.05, 0) is 41.8 Å². The van der Waals surface area contributed by atoms with Gasteiger partial charge >= 0.3 is 5.76 Å². The molecule has 34 heavy (non-hydrogen) atoms. The number of halogens is 1. The van der Waals surface area contributed by atoms with E-state index >= 15 is 0 Å². The lowest BCUT2D eigenvalue weighted by Crippen LogP contribution is -2.47. The molecule has 4 rings (SSSR count). The van der Waals surface area contributed by atoms with Crippen molar-refractivity contribution in [2.24, 2.45) is 7.05 Å². The van der Waals surface area contributed by atoms with Crippen LogP contribution in [-0.4, -0.2) is 24.9 Å². The van der Waals surface area contributed by atoms with E-state index in [0.29, 0.717) is 11.1 Å². The summed E-state index contributed by atoms with van der Waals surface area (Å²) in [5.41, 5.74) is 2.00. The first-order chi connectivity index (χ1) is 16.2. The molecular weight excluding hydrogens is 461 g/mol. The van der Waals surface area contributed by atoms with Crippen molar-refractivity contribution in [2.45, 2.75) is 23.9 Å². The average molecular weight is 484 g/mol. The van der Waals surface area contributed by atoms with E-state index in [-0.39, 0.29) is 23.4 Å². The van der Waals surface area contributed by atoms with Gasteiger partial charge in [0.1, 0.15) is 11.9 Å². The zero-order valence-corrected chi connectivity index (χ0v) is 19.0. The van der Waals surface area contributed by atoms with Crippen LogP contribution in [-0.2, 0) is 34.8 Å². The highest BCUT2D eigenvalue weighted by Gasteiger charge is 2.27. The number of hydrogen-bond acceptors (Lipinski definition) is 5. The standard InChI is InChI=1S/C24H22FN3O5S/c1-28-21-12-11-19(14-22(21)33-24(28)30)34(31,32)27-20(13-16-5-3-2-4-6-16)23(29)26-15-17-7-9-18(25)10-8-17/h2-12,14,20,27H,13,15H2,1H3,(H,26,29)/t20-/m1/s1. The quantitative estimate of drug-likeness (QED) is 0.400. The van der Waals surface area contributed by atoms with Crippen LogP contribution in [0.4, 0.5) is 4.39 Å². The summed E-state index contributed by atoms with van der Waals surface area (Å²) in [7, 11) is -2.62. The van der Waals surface area contributed by atoms with Crippen LogP contribution in [0.25, 0.3) is 11.1 Å². The van der Waals surface area contributed by atoms with Crippen LogP contribution >= 0.6 is 0 Å². The third-order valence-corrected chi connectivity index (χ3v) is 6.82. The van der Waals surface area contributed by atoms with Crippen molar-refractivity contribution in [1.82, 2.24) is 14.6 Å². The maximum atomic E-state index is 13.1. The fourth-order valence-corrected chi connectivity index (χ4v) is 4.70. The molecule has 0 saturated heterocycles. The number of aromatic nitrogens is 1. The van der Waals surface area contributed by atoms with Crippen LogP contribution < -0.4 is 15.8 Å². The summed E-state index contributed by atoms with van der Waals surface area (Å²) >= 11 is 0. The molecule has 1 heterocycles. The number of aryl methyl sites for hydroxylation is 1. The van der Waals surface area contributed by atoms with Gasteiger partial charge in [0.05, 0.1) is 10.4 Å². The Morgan fingerprint density at radius 3 is 2.44 bits per heavy atom. The van der Waals surface area contributed by atoms with Crippen molar-refractivity contribution in [1.29, 1.82) is 0 Å². The van der Waals surface area contributed by atoms with Gasteiger partial charge in [0.2, 0.25) is 15.9 Å². The van der Waals surface area contributed by atoms with E-state index in [1.54, 1.807) is 24.3 Å². The molecule has 4 aromatic rings. The lowest BCUT2D eigenvalue weighted by atomic mass is 10.1. The maximum absolute atomic E-state index is 13.1. The Morgan fingerprint density at radius 2 is 1.74 bits per heavy atom. The number of carbonyl (C=O) groups is 1. The van der Waals surface area contributed by atoms with Crippen LogP contribution in [0.1, 0.15) is 11.1 Å². The lowest BCUT2D eigenvalue weighted by molar-refractivity contribution is -0.122. The first-order valence-electron chi connectivity index (χ1n) is 10.4. The number of oxazole rings is 1. The molecular formula is C24H22FN3O5S. The van der Waals surface area contributed by atoms with Gasteiger partial charge in [-0.15, -0.1) is 0 Å². The molecule has 3 aromatic carbocycles. The molecule has 0 aliphatic rings. The summed E-state index contributed by atoms with van der Waals surface area (Å²) in [5.74, 6) is -1.54. The number of hydrogen-bond donors (Lipinski definition) is 2. The summed E-state index contributed by atoms with van der Waals surface area (Å²) in [6.45, 7) is 0.104. The van der Waals surface area contributed by atoms with E-state index in [1.807, 2.05) is 6.07 Å². The number of rotatable bonds is 8. The number of carbonyl (C=O) groups excluding carboxylic acids is 1. The van der Waals surface area contributed by atoms with Gasteiger partial charge in [-0.25, -0.2) is 17.6 Å². The topological polar surface area (TPSA) is 110 Å². The molecule has 1 aromatic heterocycles. The van der Waals surface area contributed by atoms with E-state index in [9.17, 15) is 22.4 Å². The highest BCUT2D eigenvalue weighted by Crippen LogP contribution is 2.19. The molecule has 8 nitrogen and oxygen atoms in total. The number of amides is 1.